The minimum atomic E-state index is -3.76. The average Bonchev–Trinajstić information content (AvgIpc) is 2.62. The third-order valence-corrected chi connectivity index (χ3v) is 5.89. The highest BCUT2D eigenvalue weighted by atomic mass is 32.2. The summed E-state index contributed by atoms with van der Waals surface area (Å²) in [6, 6.07) is 5.49. The van der Waals surface area contributed by atoms with Crippen molar-refractivity contribution >= 4 is 21.9 Å². The summed E-state index contributed by atoms with van der Waals surface area (Å²) >= 11 is 0. The first kappa shape index (κ1) is 20.3. The van der Waals surface area contributed by atoms with Gasteiger partial charge in [-0.2, -0.15) is 4.31 Å². The largest absolute Gasteiger partial charge is 0.479 e. The lowest BCUT2D eigenvalue weighted by Crippen LogP contribution is -2.55. The van der Waals surface area contributed by atoms with E-state index in [-0.39, 0.29) is 30.2 Å². The molecule has 0 aliphatic carbocycles. The van der Waals surface area contributed by atoms with Gasteiger partial charge in [0.05, 0.1) is 24.7 Å². The summed E-state index contributed by atoms with van der Waals surface area (Å²) < 4.78 is 36.7. The van der Waals surface area contributed by atoms with Crippen molar-refractivity contribution in [3.05, 3.63) is 29.8 Å². The maximum atomic E-state index is 12.7. The maximum Gasteiger partial charge on any atom is 0.331 e. The number of carboxylic acids is 1. The number of benzene rings is 1. The lowest BCUT2D eigenvalue weighted by Gasteiger charge is -2.27. The Morgan fingerprint density at radius 1 is 1.35 bits per heavy atom. The second-order valence-corrected chi connectivity index (χ2v) is 8.01. The van der Waals surface area contributed by atoms with Crippen LogP contribution in [0.1, 0.15) is 17.3 Å². The number of amides is 1. The molecule has 1 unspecified atom stereocenters. The molecule has 2 rings (SSSR count). The number of carbonyl (C=O) groups is 2. The lowest BCUT2D eigenvalue weighted by atomic mass is 10.0. The smallest absolute Gasteiger partial charge is 0.331 e. The minimum absolute atomic E-state index is 0.0316. The van der Waals surface area contributed by atoms with Gasteiger partial charge in [0.15, 0.2) is 5.54 Å². The molecule has 10 heteroatoms. The molecule has 0 bridgehead atoms. The molecule has 0 saturated carbocycles. The predicted octanol–water partition coefficient (Wildman–Crippen LogP) is -0.0730. The van der Waals surface area contributed by atoms with Crippen LogP contribution in [0, 0.1) is 0 Å². The van der Waals surface area contributed by atoms with Gasteiger partial charge in [0, 0.05) is 25.8 Å². The van der Waals surface area contributed by atoms with Crippen LogP contribution >= 0.6 is 0 Å². The number of carbonyl (C=O) groups excluding carboxylic acids is 1. The van der Waals surface area contributed by atoms with Crippen molar-refractivity contribution in [2.24, 2.45) is 0 Å². The number of morpholine rings is 1. The third-order valence-electron chi connectivity index (χ3n) is 4.00. The monoisotopic (exact) mass is 386 g/mol. The van der Waals surface area contributed by atoms with E-state index in [1.807, 2.05) is 0 Å². The highest BCUT2D eigenvalue weighted by molar-refractivity contribution is 7.89. The molecule has 0 aromatic heterocycles. The number of hydrogen-bond donors (Lipinski definition) is 2. The van der Waals surface area contributed by atoms with Crippen molar-refractivity contribution in [1.29, 1.82) is 0 Å². The molecule has 1 saturated heterocycles. The number of ether oxygens (including phenoxy) is 2. The fourth-order valence-corrected chi connectivity index (χ4v) is 3.95. The molecular weight excluding hydrogens is 364 g/mol. The summed E-state index contributed by atoms with van der Waals surface area (Å²) in [4.78, 5) is 23.8. The first-order chi connectivity index (χ1) is 12.2. The summed E-state index contributed by atoms with van der Waals surface area (Å²) in [6.07, 6.45) is 0. The molecule has 1 amide bonds. The Hall–Kier alpha value is -2.01. The van der Waals surface area contributed by atoms with Gasteiger partial charge in [-0.1, -0.05) is 6.07 Å². The molecule has 1 fully saturated rings. The molecule has 1 atom stereocenters. The standard InChI is InChI=1S/C16H22N2O7S/c1-16(11-24-2,15(20)21)17-14(19)12-4-3-5-13(10-12)26(22,23)18-6-8-25-9-7-18/h3-5,10H,6-9,11H2,1-2H3,(H,17,19)(H,20,21). The number of rotatable bonds is 7. The first-order valence-electron chi connectivity index (χ1n) is 7.93. The van der Waals surface area contributed by atoms with Gasteiger partial charge in [0.25, 0.3) is 5.91 Å². The topological polar surface area (TPSA) is 122 Å². The molecule has 9 nitrogen and oxygen atoms in total. The number of hydrogen-bond acceptors (Lipinski definition) is 6. The van der Waals surface area contributed by atoms with E-state index < -0.39 is 27.4 Å². The van der Waals surface area contributed by atoms with Crippen molar-refractivity contribution in [2.75, 3.05) is 40.0 Å². The Bertz CT molecular complexity index is 775. The van der Waals surface area contributed by atoms with Gasteiger partial charge < -0.3 is 19.9 Å². The average molecular weight is 386 g/mol. The highest BCUT2D eigenvalue weighted by Gasteiger charge is 2.35. The highest BCUT2D eigenvalue weighted by Crippen LogP contribution is 2.19. The Kier molecular flexibility index (Phi) is 6.34. The molecule has 1 aromatic rings. The van der Waals surface area contributed by atoms with Gasteiger partial charge in [-0.25, -0.2) is 13.2 Å². The minimum Gasteiger partial charge on any atom is -0.479 e. The van der Waals surface area contributed by atoms with Crippen LogP contribution in [-0.4, -0.2) is 75.3 Å². The van der Waals surface area contributed by atoms with Gasteiger partial charge in [0.1, 0.15) is 0 Å². The number of carboxylic acid groups (broad SMARTS) is 1. The summed E-state index contributed by atoms with van der Waals surface area (Å²) in [5, 5.41) is 11.7. The number of nitrogens with one attached hydrogen (secondary N) is 1. The second kappa shape index (κ2) is 8.12. The molecule has 0 spiro atoms. The van der Waals surface area contributed by atoms with Gasteiger partial charge in [-0.3, -0.25) is 4.79 Å². The second-order valence-electron chi connectivity index (χ2n) is 6.07. The third kappa shape index (κ3) is 4.39. The molecule has 1 heterocycles. The Morgan fingerprint density at radius 2 is 2.00 bits per heavy atom. The summed E-state index contributed by atoms with van der Waals surface area (Å²) in [5.41, 5.74) is -1.59. The van der Waals surface area contributed by atoms with E-state index in [9.17, 15) is 23.1 Å². The Labute approximate surface area is 151 Å². The molecule has 2 N–H and O–H groups in total. The van der Waals surface area contributed by atoms with Gasteiger partial charge in [0.2, 0.25) is 10.0 Å². The van der Waals surface area contributed by atoms with E-state index in [0.29, 0.717) is 13.2 Å². The molecule has 26 heavy (non-hydrogen) atoms. The van der Waals surface area contributed by atoms with E-state index >= 15 is 0 Å². The van der Waals surface area contributed by atoms with Crippen molar-refractivity contribution in [3.63, 3.8) is 0 Å². The van der Waals surface area contributed by atoms with E-state index in [4.69, 9.17) is 9.47 Å². The number of aliphatic carboxylic acids is 1. The van der Waals surface area contributed by atoms with Gasteiger partial charge >= 0.3 is 5.97 Å². The summed E-state index contributed by atoms with van der Waals surface area (Å²) in [6.45, 7) is 2.18. The number of sulfonamides is 1. The molecule has 1 aliphatic heterocycles. The quantitative estimate of drug-likeness (QED) is 0.672. The van der Waals surface area contributed by atoms with Crippen LogP contribution in [0.15, 0.2) is 29.2 Å². The molecule has 0 radical (unpaired) electrons. The van der Waals surface area contributed by atoms with Crippen LogP contribution in [0.3, 0.4) is 0 Å². The molecule has 1 aromatic carbocycles. The van der Waals surface area contributed by atoms with Crippen LogP contribution < -0.4 is 5.32 Å². The van der Waals surface area contributed by atoms with Crippen LogP contribution in [0.2, 0.25) is 0 Å². The lowest BCUT2D eigenvalue weighted by molar-refractivity contribution is -0.145. The fraction of sp³-hybridized carbons (Fsp3) is 0.500. The Balaban J connectivity index is 2.25. The first-order valence-corrected chi connectivity index (χ1v) is 9.37. The van der Waals surface area contributed by atoms with Crippen LogP contribution in [0.5, 0.6) is 0 Å². The van der Waals surface area contributed by atoms with Crippen LogP contribution in [0.4, 0.5) is 0 Å². The Morgan fingerprint density at radius 3 is 2.58 bits per heavy atom. The number of nitrogens with zero attached hydrogens (tertiary/aromatic N) is 1. The van der Waals surface area contributed by atoms with E-state index in [1.165, 1.54) is 42.6 Å². The normalized spacial score (nSPS) is 18.1. The van der Waals surface area contributed by atoms with Crippen LogP contribution in [0.25, 0.3) is 0 Å². The molecular formula is C16H22N2O7S. The van der Waals surface area contributed by atoms with Gasteiger partial charge in [-0.15, -0.1) is 0 Å². The van der Waals surface area contributed by atoms with E-state index in [0.717, 1.165) is 0 Å². The van der Waals surface area contributed by atoms with Crippen molar-refractivity contribution in [2.45, 2.75) is 17.4 Å². The number of methoxy groups -OCH3 is 1. The zero-order valence-corrected chi connectivity index (χ0v) is 15.4. The summed E-state index contributed by atoms with van der Waals surface area (Å²) in [7, 11) is -2.43. The zero-order valence-electron chi connectivity index (χ0n) is 14.6. The zero-order chi connectivity index (χ0) is 19.4. The molecule has 144 valence electrons. The summed E-state index contributed by atoms with van der Waals surface area (Å²) in [5.74, 6) is -1.96. The van der Waals surface area contributed by atoms with E-state index in [2.05, 4.69) is 5.32 Å². The predicted molar refractivity (Wildman–Crippen MR) is 91.4 cm³/mol. The van der Waals surface area contributed by atoms with E-state index in [1.54, 1.807) is 0 Å². The van der Waals surface area contributed by atoms with Crippen molar-refractivity contribution < 1.29 is 32.6 Å². The molecule has 1 aliphatic rings. The maximum absolute atomic E-state index is 12.7. The fourth-order valence-electron chi connectivity index (χ4n) is 2.50. The van der Waals surface area contributed by atoms with Gasteiger partial charge in [-0.05, 0) is 25.1 Å². The SMILES string of the molecule is COCC(C)(NC(=O)c1cccc(S(=O)(=O)N2CCOCC2)c1)C(=O)O. The van der Waals surface area contributed by atoms with Crippen LogP contribution in [-0.2, 0) is 24.3 Å². The van der Waals surface area contributed by atoms with Crippen molar-refractivity contribution in [1.82, 2.24) is 9.62 Å². The van der Waals surface area contributed by atoms with Crippen molar-refractivity contribution in [3.8, 4) is 0 Å².